The number of piperazine rings is 1. The van der Waals surface area contributed by atoms with Gasteiger partial charge in [-0.05, 0) is 41.5 Å². The average molecular weight is 466 g/mol. The molecular formula is C24H24ClN5O3. The van der Waals surface area contributed by atoms with Gasteiger partial charge >= 0.3 is 0 Å². The topological polar surface area (TPSA) is 102 Å². The van der Waals surface area contributed by atoms with Crippen LogP contribution in [0.15, 0.2) is 54.9 Å². The standard InChI is InChI=1S/C24H24ClN5O3/c1-33-14-21-24(32)29(13-17-4-8-19-20(12-17)27-15-28-23(19)26)10-11-30(21)22(31)9-5-16-2-6-18(25)7-3-16/h2-9,12,15,21H,10-11,13-14H2,1H3,(H2,26,27,28)/t21-/m0/s1. The highest BCUT2D eigenvalue weighted by Crippen LogP contribution is 2.21. The van der Waals surface area contributed by atoms with E-state index in [-0.39, 0.29) is 18.4 Å². The number of nitrogens with zero attached hydrogens (tertiary/aromatic N) is 4. The van der Waals surface area contributed by atoms with Crippen molar-refractivity contribution in [3.05, 3.63) is 71.0 Å². The van der Waals surface area contributed by atoms with Crippen molar-refractivity contribution in [3.63, 3.8) is 0 Å². The third-order valence-electron chi connectivity index (χ3n) is 5.58. The van der Waals surface area contributed by atoms with E-state index in [4.69, 9.17) is 22.1 Å². The zero-order valence-electron chi connectivity index (χ0n) is 18.1. The molecule has 9 heteroatoms. The van der Waals surface area contributed by atoms with Gasteiger partial charge in [-0.3, -0.25) is 9.59 Å². The molecule has 0 bridgehead atoms. The number of ether oxygens (including phenoxy) is 1. The van der Waals surface area contributed by atoms with Gasteiger partial charge in [0.2, 0.25) is 11.8 Å². The smallest absolute Gasteiger partial charge is 0.248 e. The number of hydrogen-bond donors (Lipinski definition) is 1. The zero-order chi connectivity index (χ0) is 23.4. The Morgan fingerprint density at radius 1 is 1.21 bits per heavy atom. The van der Waals surface area contributed by atoms with Crippen LogP contribution >= 0.6 is 11.6 Å². The van der Waals surface area contributed by atoms with Gasteiger partial charge in [-0.2, -0.15) is 0 Å². The normalized spacial score (nSPS) is 16.7. The summed E-state index contributed by atoms with van der Waals surface area (Å²) in [5.74, 6) is 0.0260. The maximum absolute atomic E-state index is 13.2. The van der Waals surface area contributed by atoms with Gasteiger partial charge in [-0.1, -0.05) is 29.8 Å². The monoisotopic (exact) mass is 465 g/mol. The number of amides is 2. The Balaban J connectivity index is 1.48. The molecule has 1 aliphatic heterocycles. The first-order valence-electron chi connectivity index (χ1n) is 10.5. The van der Waals surface area contributed by atoms with E-state index in [1.165, 1.54) is 19.5 Å². The molecule has 2 aromatic carbocycles. The fourth-order valence-corrected chi connectivity index (χ4v) is 3.98. The summed E-state index contributed by atoms with van der Waals surface area (Å²) < 4.78 is 5.27. The van der Waals surface area contributed by atoms with Crippen molar-refractivity contribution in [1.29, 1.82) is 0 Å². The molecular weight excluding hydrogens is 442 g/mol. The quantitative estimate of drug-likeness (QED) is 0.562. The van der Waals surface area contributed by atoms with Crippen LogP contribution in [-0.4, -0.2) is 64.4 Å². The number of nitrogens with two attached hydrogens (primary N) is 1. The lowest BCUT2D eigenvalue weighted by Crippen LogP contribution is -2.59. The molecule has 1 fully saturated rings. The van der Waals surface area contributed by atoms with E-state index in [0.29, 0.717) is 30.5 Å². The second-order valence-electron chi connectivity index (χ2n) is 7.76. The Bertz CT molecular complexity index is 1200. The Morgan fingerprint density at radius 2 is 2.00 bits per heavy atom. The number of hydrogen-bond acceptors (Lipinski definition) is 6. The fourth-order valence-electron chi connectivity index (χ4n) is 3.86. The van der Waals surface area contributed by atoms with Crippen molar-refractivity contribution in [1.82, 2.24) is 19.8 Å². The van der Waals surface area contributed by atoms with Gasteiger partial charge in [0.05, 0.1) is 12.1 Å². The van der Waals surface area contributed by atoms with Crippen LogP contribution in [-0.2, 0) is 20.9 Å². The van der Waals surface area contributed by atoms with Gasteiger partial charge in [-0.25, -0.2) is 9.97 Å². The molecule has 2 heterocycles. The Morgan fingerprint density at radius 3 is 2.76 bits per heavy atom. The number of benzene rings is 2. The van der Waals surface area contributed by atoms with Gasteiger partial charge < -0.3 is 20.3 Å². The Labute approximate surface area is 196 Å². The van der Waals surface area contributed by atoms with Gasteiger partial charge in [-0.15, -0.1) is 0 Å². The zero-order valence-corrected chi connectivity index (χ0v) is 18.9. The molecule has 1 saturated heterocycles. The molecule has 2 N–H and O–H groups in total. The van der Waals surface area contributed by atoms with E-state index in [9.17, 15) is 9.59 Å². The number of anilines is 1. The van der Waals surface area contributed by atoms with Crippen LogP contribution in [0.2, 0.25) is 5.02 Å². The van der Waals surface area contributed by atoms with E-state index < -0.39 is 6.04 Å². The molecule has 4 rings (SSSR count). The van der Waals surface area contributed by atoms with Crippen molar-refractivity contribution < 1.29 is 14.3 Å². The number of rotatable bonds is 6. The third-order valence-corrected chi connectivity index (χ3v) is 5.84. The molecule has 0 aliphatic carbocycles. The lowest BCUT2D eigenvalue weighted by Gasteiger charge is -2.40. The summed E-state index contributed by atoms with van der Waals surface area (Å²) in [6, 6.07) is 12.1. The van der Waals surface area contributed by atoms with E-state index in [0.717, 1.165) is 22.0 Å². The van der Waals surface area contributed by atoms with Gasteiger partial charge in [0.15, 0.2) is 0 Å². The first-order chi connectivity index (χ1) is 16.0. The number of fused-ring (bicyclic) bond motifs is 1. The summed E-state index contributed by atoms with van der Waals surface area (Å²) in [4.78, 5) is 37.7. The summed E-state index contributed by atoms with van der Waals surface area (Å²) in [6.07, 6.45) is 4.60. The SMILES string of the molecule is COC[C@H]1C(=O)N(Cc2ccc3c(N)ncnc3c2)CCN1C(=O)C=Cc1ccc(Cl)cc1. The molecule has 0 radical (unpaired) electrons. The van der Waals surface area contributed by atoms with E-state index in [2.05, 4.69) is 9.97 Å². The van der Waals surface area contributed by atoms with Gasteiger partial charge in [0.1, 0.15) is 18.2 Å². The van der Waals surface area contributed by atoms with Crippen LogP contribution in [0.1, 0.15) is 11.1 Å². The van der Waals surface area contributed by atoms with Crippen molar-refractivity contribution in [3.8, 4) is 0 Å². The number of aromatic nitrogens is 2. The van der Waals surface area contributed by atoms with E-state index >= 15 is 0 Å². The molecule has 2 amide bonds. The molecule has 0 spiro atoms. The lowest BCUT2D eigenvalue weighted by atomic mass is 10.1. The highest BCUT2D eigenvalue weighted by Gasteiger charge is 2.36. The fraction of sp³-hybridized carbons (Fsp3) is 0.250. The number of methoxy groups -OCH3 is 1. The van der Waals surface area contributed by atoms with Crippen LogP contribution in [0.5, 0.6) is 0 Å². The second-order valence-corrected chi connectivity index (χ2v) is 8.19. The van der Waals surface area contributed by atoms with Crippen LogP contribution in [0, 0.1) is 0 Å². The number of carbonyl (C=O) groups excluding carboxylic acids is 2. The Kier molecular flexibility index (Phi) is 6.86. The van der Waals surface area contributed by atoms with Gasteiger partial charge in [0, 0.05) is 43.2 Å². The largest absolute Gasteiger partial charge is 0.383 e. The number of carbonyl (C=O) groups is 2. The van der Waals surface area contributed by atoms with Crippen molar-refractivity contribution >= 4 is 46.2 Å². The maximum Gasteiger partial charge on any atom is 0.248 e. The van der Waals surface area contributed by atoms with Crippen molar-refractivity contribution in [2.75, 3.05) is 32.5 Å². The van der Waals surface area contributed by atoms with Crippen LogP contribution in [0.3, 0.4) is 0 Å². The van der Waals surface area contributed by atoms with Crippen molar-refractivity contribution in [2.45, 2.75) is 12.6 Å². The predicted molar refractivity (Wildman–Crippen MR) is 127 cm³/mol. The minimum absolute atomic E-state index is 0.122. The van der Waals surface area contributed by atoms with Crippen LogP contribution in [0.4, 0.5) is 5.82 Å². The lowest BCUT2D eigenvalue weighted by molar-refractivity contribution is -0.152. The molecule has 1 aromatic heterocycles. The number of halogens is 1. The molecule has 0 saturated carbocycles. The molecule has 1 aliphatic rings. The minimum Gasteiger partial charge on any atom is -0.383 e. The number of nitrogen functional groups attached to an aromatic ring is 1. The molecule has 3 aromatic rings. The summed E-state index contributed by atoms with van der Waals surface area (Å²) in [5.41, 5.74) is 8.39. The summed E-state index contributed by atoms with van der Waals surface area (Å²) in [6.45, 7) is 1.36. The highest BCUT2D eigenvalue weighted by atomic mass is 35.5. The molecule has 8 nitrogen and oxygen atoms in total. The minimum atomic E-state index is -0.690. The van der Waals surface area contributed by atoms with E-state index in [1.54, 1.807) is 28.0 Å². The maximum atomic E-state index is 13.2. The third kappa shape index (κ3) is 5.13. The molecule has 170 valence electrons. The van der Waals surface area contributed by atoms with Crippen LogP contribution in [0.25, 0.3) is 17.0 Å². The van der Waals surface area contributed by atoms with Gasteiger partial charge in [0.25, 0.3) is 0 Å². The first kappa shape index (κ1) is 22.7. The highest BCUT2D eigenvalue weighted by molar-refractivity contribution is 6.30. The summed E-state index contributed by atoms with van der Waals surface area (Å²) in [5, 5.41) is 1.40. The van der Waals surface area contributed by atoms with Crippen molar-refractivity contribution in [2.24, 2.45) is 0 Å². The summed E-state index contributed by atoms with van der Waals surface area (Å²) in [7, 11) is 1.52. The Hall–Kier alpha value is -3.49. The molecule has 33 heavy (non-hydrogen) atoms. The molecule has 0 unspecified atom stereocenters. The molecule has 1 atom stereocenters. The summed E-state index contributed by atoms with van der Waals surface area (Å²) >= 11 is 5.91. The van der Waals surface area contributed by atoms with E-state index in [1.807, 2.05) is 30.3 Å². The second kappa shape index (κ2) is 9.97. The van der Waals surface area contributed by atoms with Crippen LogP contribution < -0.4 is 5.73 Å². The average Bonchev–Trinajstić information content (AvgIpc) is 2.81. The first-order valence-corrected chi connectivity index (χ1v) is 10.8. The predicted octanol–water partition coefficient (Wildman–Crippen LogP) is 2.76.